The van der Waals surface area contributed by atoms with E-state index in [1.54, 1.807) is 19.1 Å². The number of benzene rings is 1. The SMILES string of the molecule is C[C@@H](O)C(N)N1CCC(Oc2ccc(Cl)c(Cl)c2)CC1. The Balaban J connectivity index is 1.86. The van der Waals surface area contributed by atoms with Gasteiger partial charge in [-0.1, -0.05) is 23.2 Å². The van der Waals surface area contributed by atoms with Crippen molar-refractivity contribution in [1.29, 1.82) is 0 Å². The predicted octanol–water partition coefficient (Wildman–Crippen LogP) is 2.50. The van der Waals surface area contributed by atoms with Crippen molar-refractivity contribution in [3.63, 3.8) is 0 Å². The van der Waals surface area contributed by atoms with Crippen molar-refractivity contribution in [1.82, 2.24) is 4.90 Å². The number of halogens is 2. The highest BCUT2D eigenvalue weighted by Crippen LogP contribution is 2.28. The van der Waals surface area contributed by atoms with Crippen molar-refractivity contribution >= 4 is 23.2 Å². The molecule has 4 nitrogen and oxygen atoms in total. The summed E-state index contributed by atoms with van der Waals surface area (Å²) in [5.41, 5.74) is 5.93. The van der Waals surface area contributed by atoms with Crippen LogP contribution >= 0.6 is 23.2 Å². The van der Waals surface area contributed by atoms with Gasteiger partial charge in [0.1, 0.15) is 11.9 Å². The van der Waals surface area contributed by atoms with Gasteiger partial charge in [-0.3, -0.25) is 4.90 Å². The summed E-state index contributed by atoms with van der Waals surface area (Å²) in [4.78, 5) is 2.08. The summed E-state index contributed by atoms with van der Waals surface area (Å²) >= 11 is 11.8. The maximum atomic E-state index is 9.51. The van der Waals surface area contributed by atoms with Crippen LogP contribution < -0.4 is 10.5 Å². The van der Waals surface area contributed by atoms with Crippen LogP contribution in [0.5, 0.6) is 5.75 Å². The van der Waals surface area contributed by atoms with Crippen LogP contribution in [0.4, 0.5) is 0 Å². The highest BCUT2D eigenvalue weighted by molar-refractivity contribution is 6.42. The molecule has 0 aliphatic carbocycles. The molecule has 0 saturated carbocycles. The third-order valence-electron chi connectivity index (χ3n) is 3.59. The smallest absolute Gasteiger partial charge is 0.121 e. The molecule has 0 bridgehead atoms. The molecule has 20 heavy (non-hydrogen) atoms. The van der Waals surface area contributed by atoms with Crippen LogP contribution in [0, 0.1) is 0 Å². The predicted molar refractivity (Wildman–Crippen MR) is 81.3 cm³/mol. The van der Waals surface area contributed by atoms with Crippen molar-refractivity contribution in [3.8, 4) is 5.75 Å². The first-order chi connectivity index (χ1) is 9.47. The topological polar surface area (TPSA) is 58.7 Å². The summed E-state index contributed by atoms with van der Waals surface area (Å²) < 4.78 is 5.91. The monoisotopic (exact) mass is 318 g/mol. The normalized spacial score (nSPS) is 20.6. The average molecular weight is 319 g/mol. The fourth-order valence-electron chi connectivity index (χ4n) is 2.34. The fraction of sp³-hybridized carbons (Fsp3) is 0.571. The van der Waals surface area contributed by atoms with E-state index in [4.69, 9.17) is 33.7 Å². The molecule has 1 aliphatic rings. The molecule has 1 aromatic carbocycles. The van der Waals surface area contributed by atoms with Crippen LogP contribution in [-0.2, 0) is 0 Å². The number of rotatable bonds is 4. The molecule has 0 aromatic heterocycles. The van der Waals surface area contributed by atoms with Gasteiger partial charge in [0, 0.05) is 19.2 Å². The van der Waals surface area contributed by atoms with Crippen LogP contribution in [0.3, 0.4) is 0 Å². The highest BCUT2D eigenvalue weighted by Gasteiger charge is 2.26. The van der Waals surface area contributed by atoms with E-state index >= 15 is 0 Å². The van der Waals surface area contributed by atoms with Crippen LogP contribution in [0.25, 0.3) is 0 Å². The van der Waals surface area contributed by atoms with Gasteiger partial charge in [-0.05, 0) is 31.9 Å². The van der Waals surface area contributed by atoms with Gasteiger partial charge in [-0.25, -0.2) is 0 Å². The Hall–Kier alpha value is -0.520. The van der Waals surface area contributed by atoms with Crippen LogP contribution in [0.2, 0.25) is 10.0 Å². The third kappa shape index (κ3) is 3.99. The minimum Gasteiger partial charge on any atom is -0.490 e. The van der Waals surface area contributed by atoms with Gasteiger partial charge in [0.15, 0.2) is 0 Å². The molecular formula is C14H20Cl2N2O2. The second-order valence-corrected chi connectivity index (χ2v) is 5.97. The first-order valence-corrected chi connectivity index (χ1v) is 7.52. The van der Waals surface area contributed by atoms with Crippen molar-refractivity contribution in [2.45, 2.75) is 38.1 Å². The van der Waals surface area contributed by atoms with Gasteiger partial charge in [-0.15, -0.1) is 0 Å². The van der Waals surface area contributed by atoms with Crippen molar-refractivity contribution in [3.05, 3.63) is 28.2 Å². The maximum absolute atomic E-state index is 9.51. The second kappa shape index (κ2) is 6.96. The average Bonchev–Trinajstić information content (AvgIpc) is 2.43. The van der Waals surface area contributed by atoms with Crippen LogP contribution in [0.1, 0.15) is 19.8 Å². The zero-order valence-corrected chi connectivity index (χ0v) is 12.9. The standard InChI is InChI=1S/C14H20Cl2N2O2/c1-9(19)14(17)18-6-4-10(5-7-18)20-11-2-3-12(15)13(16)8-11/h2-3,8-10,14,19H,4-7,17H2,1H3/t9-,14?/m1/s1. The lowest BCUT2D eigenvalue weighted by Gasteiger charge is -2.36. The van der Waals surface area contributed by atoms with Crippen LogP contribution in [0.15, 0.2) is 18.2 Å². The number of nitrogens with zero attached hydrogens (tertiary/aromatic N) is 1. The van der Waals surface area contributed by atoms with E-state index in [-0.39, 0.29) is 12.3 Å². The summed E-state index contributed by atoms with van der Waals surface area (Å²) in [6.07, 6.45) is 1.06. The number of hydrogen-bond acceptors (Lipinski definition) is 4. The molecule has 0 amide bonds. The molecule has 1 unspecified atom stereocenters. The Morgan fingerprint density at radius 1 is 1.30 bits per heavy atom. The third-order valence-corrected chi connectivity index (χ3v) is 4.33. The van der Waals surface area contributed by atoms with E-state index in [1.165, 1.54) is 0 Å². The number of ether oxygens (including phenoxy) is 1. The summed E-state index contributed by atoms with van der Waals surface area (Å²) in [5, 5.41) is 10.5. The van der Waals surface area contributed by atoms with E-state index in [2.05, 4.69) is 4.90 Å². The fourth-order valence-corrected chi connectivity index (χ4v) is 2.63. The van der Waals surface area contributed by atoms with E-state index in [1.807, 2.05) is 6.07 Å². The van der Waals surface area contributed by atoms with Gasteiger partial charge in [-0.2, -0.15) is 0 Å². The van der Waals surface area contributed by atoms with E-state index in [9.17, 15) is 5.11 Å². The minimum absolute atomic E-state index is 0.143. The Morgan fingerprint density at radius 3 is 2.50 bits per heavy atom. The van der Waals surface area contributed by atoms with E-state index in [0.717, 1.165) is 31.7 Å². The molecule has 1 aromatic rings. The first kappa shape index (κ1) is 15.9. The number of likely N-dealkylation sites (tertiary alicyclic amines) is 1. The molecule has 3 N–H and O–H groups in total. The van der Waals surface area contributed by atoms with Gasteiger partial charge in [0.25, 0.3) is 0 Å². The summed E-state index contributed by atoms with van der Waals surface area (Å²) in [5.74, 6) is 0.734. The molecule has 1 fully saturated rings. The Kier molecular flexibility index (Phi) is 5.52. The molecule has 2 atom stereocenters. The van der Waals surface area contributed by atoms with Crippen molar-refractivity contribution < 1.29 is 9.84 Å². The Bertz CT molecular complexity index is 449. The molecule has 1 aliphatic heterocycles. The van der Waals surface area contributed by atoms with Crippen molar-refractivity contribution in [2.24, 2.45) is 5.73 Å². The quantitative estimate of drug-likeness (QED) is 0.895. The number of aliphatic hydroxyl groups is 1. The molecule has 2 rings (SSSR count). The Morgan fingerprint density at radius 2 is 1.95 bits per heavy atom. The van der Waals surface area contributed by atoms with E-state index < -0.39 is 6.10 Å². The molecule has 0 spiro atoms. The summed E-state index contributed by atoms with van der Waals surface area (Å²) in [6.45, 7) is 3.35. The minimum atomic E-state index is -0.525. The largest absolute Gasteiger partial charge is 0.490 e. The number of nitrogens with two attached hydrogens (primary N) is 1. The van der Waals surface area contributed by atoms with Gasteiger partial charge in [0.2, 0.25) is 0 Å². The zero-order valence-electron chi connectivity index (χ0n) is 11.4. The molecule has 1 saturated heterocycles. The van der Waals surface area contributed by atoms with Crippen molar-refractivity contribution in [2.75, 3.05) is 13.1 Å². The Labute approximate surface area is 129 Å². The number of hydrogen-bond donors (Lipinski definition) is 2. The number of piperidine rings is 1. The lowest BCUT2D eigenvalue weighted by atomic mass is 10.1. The number of aliphatic hydroxyl groups excluding tert-OH is 1. The maximum Gasteiger partial charge on any atom is 0.121 e. The molecule has 0 radical (unpaired) electrons. The lowest BCUT2D eigenvalue weighted by Crippen LogP contribution is -2.53. The summed E-state index contributed by atoms with van der Waals surface area (Å²) in [6, 6.07) is 5.29. The first-order valence-electron chi connectivity index (χ1n) is 6.77. The highest BCUT2D eigenvalue weighted by atomic mass is 35.5. The van der Waals surface area contributed by atoms with E-state index in [0.29, 0.717) is 10.0 Å². The van der Waals surface area contributed by atoms with Crippen LogP contribution in [-0.4, -0.2) is 41.5 Å². The molecular weight excluding hydrogens is 299 g/mol. The summed E-state index contributed by atoms with van der Waals surface area (Å²) in [7, 11) is 0. The van der Waals surface area contributed by atoms with Gasteiger partial charge in [0.05, 0.1) is 22.3 Å². The lowest BCUT2D eigenvalue weighted by molar-refractivity contribution is 0.0235. The molecule has 112 valence electrons. The molecule has 6 heteroatoms. The van der Waals surface area contributed by atoms with Gasteiger partial charge >= 0.3 is 0 Å². The zero-order chi connectivity index (χ0) is 14.7. The second-order valence-electron chi connectivity index (χ2n) is 5.16. The molecule has 1 heterocycles. The van der Waals surface area contributed by atoms with Gasteiger partial charge < -0.3 is 15.6 Å².